The maximum absolute atomic E-state index is 4.15. The Labute approximate surface area is 109 Å². The highest BCUT2D eigenvalue weighted by atomic mass is 79.9. The van der Waals surface area contributed by atoms with Crippen molar-refractivity contribution < 1.29 is 0 Å². The van der Waals surface area contributed by atoms with Gasteiger partial charge in [-0.15, -0.1) is 5.10 Å². The Morgan fingerprint density at radius 2 is 2.24 bits per heavy atom. The summed E-state index contributed by atoms with van der Waals surface area (Å²) in [6.45, 7) is 5.82. The van der Waals surface area contributed by atoms with Gasteiger partial charge in [0.15, 0.2) is 0 Å². The first-order valence-corrected chi connectivity index (χ1v) is 6.39. The number of hydrogen-bond acceptors (Lipinski definition) is 3. The molecular weight excluding hydrogens is 280 g/mol. The summed E-state index contributed by atoms with van der Waals surface area (Å²) in [6.07, 6.45) is 1.96. The summed E-state index contributed by atoms with van der Waals surface area (Å²) in [4.78, 5) is 0. The summed E-state index contributed by atoms with van der Waals surface area (Å²) < 4.78 is 2.89. The molecule has 4 nitrogen and oxygen atoms in total. The number of benzene rings is 1. The maximum atomic E-state index is 4.15. The number of nitrogens with one attached hydrogen (secondary N) is 1. The Morgan fingerprint density at radius 1 is 1.41 bits per heavy atom. The van der Waals surface area contributed by atoms with Gasteiger partial charge in [0.1, 0.15) is 0 Å². The molecule has 0 saturated heterocycles. The van der Waals surface area contributed by atoms with Crippen LogP contribution in [0.3, 0.4) is 0 Å². The number of hydrogen-bond donors (Lipinski definition) is 1. The summed E-state index contributed by atoms with van der Waals surface area (Å²) in [5.41, 5.74) is 3.16. The minimum Gasteiger partial charge on any atom is -0.311 e. The lowest BCUT2D eigenvalue weighted by atomic mass is 10.2. The van der Waals surface area contributed by atoms with E-state index in [2.05, 4.69) is 45.4 Å². The zero-order valence-electron chi connectivity index (χ0n) is 9.94. The Morgan fingerprint density at radius 3 is 3.00 bits per heavy atom. The van der Waals surface area contributed by atoms with Gasteiger partial charge >= 0.3 is 0 Å². The topological polar surface area (TPSA) is 42.7 Å². The summed E-state index contributed by atoms with van der Waals surface area (Å²) in [7, 11) is 0. The normalized spacial score (nSPS) is 10.8. The molecule has 0 amide bonds. The van der Waals surface area contributed by atoms with E-state index in [1.54, 1.807) is 0 Å². The van der Waals surface area contributed by atoms with E-state index >= 15 is 0 Å². The van der Waals surface area contributed by atoms with Gasteiger partial charge in [-0.3, -0.25) is 0 Å². The Kier molecular flexibility index (Phi) is 3.91. The lowest BCUT2D eigenvalue weighted by molar-refractivity contribution is 0.705. The van der Waals surface area contributed by atoms with Crippen LogP contribution in [0.2, 0.25) is 0 Å². The van der Waals surface area contributed by atoms with Crippen molar-refractivity contribution in [1.29, 1.82) is 0 Å². The largest absolute Gasteiger partial charge is 0.311 e. The molecule has 1 heterocycles. The third-order valence-electron chi connectivity index (χ3n) is 2.58. The fraction of sp³-hybridized carbons (Fsp3) is 0.333. The second-order valence-corrected chi connectivity index (χ2v) is 4.67. The van der Waals surface area contributed by atoms with E-state index in [4.69, 9.17) is 0 Å². The molecule has 2 aromatic rings. The predicted octanol–water partition coefficient (Wildman–Crippen LogP) is 2.45. The van der Waals surface area contributed by atoms with Crippen LogP contribution in [0.15, 0.2) is 28.9 Å². The van der Waals surface area contributed by atoms with Crippen LogP contribution in [-0.4, -0.2) is 21.5 Å². The smallest absolute Gasteiger partial charge is 0.0969 e. The third-order valence-corrected chi connectivity index (χ3v) is 3.44. The van der Waals surface area contributed by atoms with Gasteiger partial charge in [-0.25, -0.2) is 4.68 Å². The van der Waals surface area contributed by atoms with Crippen LogP contribution in [0.1, 0.15) is 18.2 Å². The van der Waals surface area contributed by atoms with Crippen LogP contribution in [0.5, 0.6) is 0 Å². The molecule has 5 heteroatoms. The van der Waals surface area contributed by atoms with Gasteiger partial charge in [0.25, 0.3) is 0 Å². The minimum absolute atomic E-state index is 0.754. The molecule has 1 aromatic carbocycles. The summed E-state index contributed by atoms with van der Waals surface area (Å²) in [5.74, 6) is 0. The molecule has 17 heavy (non-hydrogen) atoms. The standard InChI is InChI=1S/C12H15BrN4/c1-3-14-7-10-8-17(16-15-10)12-6-4-5-11(13)9(12)2/h4-6,8,14H,3,7H2,1-2H3. The molecule has 0 aliphatic rings. The van der Waals surface area contributed by atoms with Crippen molar-refractivity contribution >= 4 is 15.9 Å². The SMILES string of the molecule is CCNCc1cn(-c2cccc(Br)c2C)nn1. The Balaban J connectivity index is 2.27. The fourth-order valence-corrected chi connectivity index (χ4v) is 1.95. The molecule has 1 N–H and O–H groups in total. The van der Waals surface area contributed by atoms with Crippen molar-refractivity contribution in [1.82, 2.24) is 20.3 Å². The average Bonchev–Trinajstić information content (AvgIpc) is 2.78. The molecule has 0 bridgehead atoms. The van der Waals surface area contributed by atoms with Crippen LogP contribution >= 0.6 is 15.9 Å². The molecule has 90 valence electrons. The molecule has 0 fully saturated rings. The van der Waals surface area contributed by atoms with Crippen LogP contribution in [0.25, 0.3) is 5.69 Å². The van der Waals surface area contributed by atoms with Gasteiger partial charge in [0, 0.05) is 11.0 Å². The maximum Gasteiger partial charge on any atom is 0.0969 e. The van der Waals surface area contributed by atoms with Crippen molar-refractivity contribution in [3.8, 4) is 5.69 Å². The molecule has 0 atom stereocenters. The van der Waals surface area contributed by atoms with Crippen LogP contribution in [0, 0.1) is 6.92 Å². The lowest BCUT2D eigenvalue weighted by Crippen LogP contribution is -2.11. The monoisotopic (exact) mass is 294 g/mol. The fourth-order valence-electron chi connectivity index (χ4n) is 1.59. The van der Waals surface area contributed by atoms with Crippen LogP contribution in [0.4, 0.5) is 0 Å². The number of rotatable bonds is 4. The van der Waals surface area contributed by atoms with Gasteiger partial charge < -0.3 is 5.32 Å². The van der Waals surface area contributed by atoms with Crippen LogP contribution in [-0.2, 0) is 6.54 Å². The first kappa shape index (κ1) is 12.3. The zero-order chi connectivity index (χ0) is 12.3. The predicted molar refractivity (Wildman–Crippen MR) is 71.2 cm³/mol. The lowest BCUT2D eigenvalue weighted by Gasteiger charge is -2.05. The quantitative estimate of drug-likeness (QED) is 0.942. The van der Waals surface area contributed by atoms with E-state index in [0.29, 0.717) is 0 Å². The van der Waals surface area contributed by atoms with Gasteiger partial charge in [-0.05, 0) is 31.2 Å². The van der Waals surface area contributed by atoms with E-state index < -0.39 is 0 Å². The highest BCUT2D eigenvalue weighted by Gasteiger charge is 2.06. The molecule has 1 aromatic heterocycles. The van der Waals surface area contributed by atoms with Crippen molar-refractivity contribution in [2.75, 3.05) is 6.54 Å². The second kappa shape index (κ2) is 5.42. The van der Waals surface area contributed by atoms with Gasteiger partial charge in [-0.1, -0.05) is 34.1 Å². The third kappa shape index (κ3) is 2.73. The van der Waals surface area contributed by atoms with E-state index in [0.717, 1.165) is 34.5 Å². The highest BCUT2D eigenvalue weighted by molar-refractivity contribution is 9.10. The molecule has 0 saturated carbocycles. The van der Waals surface area contributed by atoms with Gasteiger partial charge in [0.2, 0.25) is 0 Å². The molecule has 0 aliphatic carbocycles. The minimum atomic E-state index is 0.754. The second-order valence-electron chi connectivity index (χ2n) is 3.82. The molecule has 0 aliphatic heterocycles. The van der Waals surface area contributed by atoms with Crippen LogP contribution < -0.4 is 5.32 Å². The average molecular weight is 295 g/mol. The van der Waals surface area contributed by atoms with Crippen molar-refractivity contribution in [3.05, 3.63) is 40.1 Å². The molecule has 2 rings (SSSR count). The van der Waals surface area contributed by atoms with Gasteiger partial charge in [0.05, 0.1) is 17.6 Å². The highest BCUT2D eigenvalue weighted by Crippen LogP contribution is 2.21. The van der Waals surface area contributed by atoms with E-state index in [-0.39, 0.29) is 0 Å². The van der Waals surface area contributed by atoms with Gasteiger partial charge in [-0.2, -0.15) is 0 Å². The number of halogens is 1. The van der Waals surface area contributed by atoms with E-state index in [1.165, 1.54) is 0 Å². The molecule has 0 spiro atoms. The van der Waals surface area contributed by atoms with E-state index in [9.17, 15) is 0 Å². The summed E-state index contributed by atoms with van der Waals surface area (Å²) in [5, 5.41) is 11.5. The van der Waals surface area contributed by atoms with E-state index in [1.807, 2.05) is 29.1 Å². The Bertz CT molecular complexity index is 507. The first-order valence-electron chi connectivity index (χ1n) is 5.59. The summed E-state index contributed by atoms with van der Waals surface area (Å²) >= 11 is 3.52. The molecule has 0 radical (unpaired) electrons. The zero-order valence-corrected chi connectivity index (χ0v) is 11.5. The molecular formula is C12H15BrN4. The number of aromatic nitrogens is 3. The van der Waals surface area contributed by atoms with Crippen molar-refractivity contribution in [3.63, 3.8) is 0 Å². The summed E-state index contributed by atoms with van der Waals surface area (Å²) in [6, 6.07) is 6.05. The number of nitrogens with zero attached hydrogens (tertiary/aromatic N) is 3. The molecule has 0 unspecified atom stereocenters. The van der Waals surface area contributed by atoms with Crippen molar-refractivity contribution in [2.45, 2.75) is 20.4 Å². The Hall–Kier alpha value is -1.20. The first-order chi connectivity index (χ1) is 8.22. The van der Waals surface area contributed by atoms with Crippen molar-refractivity contribution in [2.24, 2.45) is 0 Å².